The van der Waals surface area contributed by atoms with E-state index >= 15 is 0 Å². The third-order valence-corrected chi connectivity index (χ3v) is 5.24. The van der Waals surface area contributed by atoms with Crippen molar-refractivity contribution in [2.24, 2.45) is 16.5 Å². The second-order valence-corrected chi connectivity index (χ2v) is 7.61. The van der Waals surface area contributed by atoms with Gasteiger partial charge >= 0.3 is 0 Å². The fourth-order valence-electron chi connectivity index (χ4n) is 3.10. The third kappa shape index (κ3) is 4.14. The van der Waals surface area contributed by atoms with Gasteiger partial charge in [0.05, 0.1) is 16.4 Å². The summed E-state index contributed by atoms with van der Waals surface area (Å²) in [6.45, 7) is 0. The molecule has 1 aliphatic carbocycles. The van der Waals surface area contributed by atoms with Crippen molar-refractivity contribution in [3.8, 4) is 11.1 Å². The number of carbonyl (C=O) groups excluding carboxylic acids is 1. The molecule has 29 heavy (non-hydrogen) atoms. The van der Waals surface area contributed by atoms with Gasteiger partial charge in [-0.1, -0.05) is 18.2 Å². The molecule has 0 saturated carbocycles. The van der Waals surface area contributed by atoms with Crippen molar-refractivity contribution < 1.29 is 22.2 Å². The summed E-state index contributed by atoms with van der Waals surface area (Å²) in [7, 11) is -1.63. The number of hydrogen-bond donors (Lipinski definition) is 2. The summed E-state index contributed by atoms with van der Waals surface area (Å²) in [5.41, 5.74) is 10.9. The summed E-state index contributed by atoms with van der Waals surface area (Å²) in [5, 5.41) is 0. The largest absolute Gasteiger partial charge is 0.370 e. The summed E-state index contributed by atoms with van der Waals surface area (Å²) in [6, 6.07) is 4.25. The zero-order valence-electron chi connectivity index (χ0n) is 15.2. The molecule has 150 valence electrons. The number of halogens is 3. The number of aliphatic imine (C=N–C) groups is 1. The molecular formula is C20H16F3N3O2S. The van der Waals surface area contributed by atoms with Gasteiger partial charge in [-0.05, 0) is 29.7 Å². The first-order chi connectivity index (χ1) is 13.7. The quantitative estimate of drug-likeness (QED) is 0.590. The van der Waals surface area contributed by atoms with Gasteiger partial charge in [0.15, 0.2) is 5.96 Å². The summed E-state index contributed by atoms with van der Waals surface area (Å²) in [4.78, 5) is 15.9. The summed E-state index contributed by atoms with van der Waals surface area (Å²) in [6.07, 6.45) is 6.22. The zero-order chi connectivity index (χ0) is 21.3. The van der Waals surface area contributed by atoms with Gasteiger partial charge in [0, 0.05) is 34.4 Å². The molecule has 1 unspecified atom stereocenters. The van der Waals surface area contributed by atoms with Gasteiger partial charge in [-0.2, -0.15) is 4.99 Å². The minimum Gasteiger partial charge on any atom is -0.370 e. The Balaban J connectivity index is 2.38. The van der Waals surface area contributed by atoms with E-state index < -0.39 is 45.7 Å². The predicted octanol–water partition coefficient (Wildman–Crippen LogP) is 2.80. The van der Waals surface area contributed by atoms with Crippen LogP contribution in [0.15, 0.2) is 51.9 Å². The highest BCUT2D eigenvalue weighted by Crippen LogP contribution is 2.38. The smallest absolute Gasteiger partial charge is 0.280 e. The van der Waals surface area contributed by atoms with E-state index in [9.17, 15) is 22.2 Å². The lowest BCUT2D eigenvalue weighted by atomic mass is 9.92. The lowest BCUT2D eigenvalue weighted by molar-refractivity contribution is -0.114. The van der Waals surface area contributed by atoms with E-state index in [1.807, 2.05) is 0 Å². The topological polar surface area (TPSA) is 98.5 Å². The minimum atomic E-state index is -1.63. The van der Waals surface area contributed by atoms with Crippen molar-refractivity contribution in [3.05, 3.63) is 70.6 Å². The molecule has 1 atom stereocenters. The summed E-state index contributed by atoms with van der Waals surface area (Å²) >= 11 is 0. The molecule has 0 aromatic heterocycles. The van der Waals surface area contributed by atoms with Crippen LogP contribution in [0.3, 0.4) is 0 Å². The Labute approximate surface area is 167 Å². The van der Waals surface area contributed by atoms with Crippen LogP contribution in [-0.4, -0.2) is 22.3 Å². The van der Waals surface area contributed by atoms with Crippen molar-refractivity contribution >= 4 is 28.7 Å². The van der Waals surface area contributed by atoms with E-state index in [1.54, 1.807) is 12.1 Å². The fourth-order valence-corrected chi connectivity index (χ4v) is 3.85. The Kier molecular flexibility index (Phi) is 5.69. The lowest BCUT2D eigenvalue weighted by Gasteiger charge is -2.16. The van der Waals surface area contributed by atoms with E-state index in [-0.39, 0.29) is 21.6 Å². The van der Waals surface area contributed by atoms with Crippen molar-refractivity contribution in [2.75, 3.05) is 6.26 Å². The minimum absolute atomic E-state index is 0.0166. The molecule has 0 heterocycles. The SMILES string of the molecule is CS(=O)c1ccc2c(c1-c1c(F)cc(F)cc1F)C=C(C(=O)N=C(N)N)C=CC2. The van der Waals surface area contributed by atoms with Crippen molar-refractivity contribution in [2.45, 2.75) is 11.3 Å². The lowest BCUT2D eigenvalue weighted by Crippen LogP contribution is -2.24. The number of amides is 1. The molecule has 1 aliphatic rings. The normalized spacial score (nSPS) is 13.9. The number of nitrogens with zero attached hydrogens (tertiary/aromatic N) is 1. The highest BCUT2D eigenvalue weighted by Gasteiger charge is 2.24. The molecule has 3 rings (SSSR count). The molecule has 0 aliphatic heterocycles. The average Bonchev–Trinajstić information content (AvgIpc) is 2.82. The number of allylic oxidation sites excluding steroid dienone is 1. The maximum atomic E-state index is 14.6. The Morgan fingerprint density at radius 1 is 1.10 bits per heavy atom. The molecular weight excluding hydrogens is 403 g/mol. The van der Waals surface area contributed by atoms with Gasteiger partial charge < -0.3 is 11.5 Å². The molecule has 2 aromatic carbocycles. The second kappa shape index (κ2) is 8.04. The average molecular weight is 419 g/mol. The highest BCUT2D eigenvalue weighted by atomic mass is 32.2. The maximum absolute atomic E-state index is 14.6. The Morgan fingerprint density at radius 3 is 2.34 bits per heavy atom. The zero-order valence-corrected chi connectivity index (χ0v) is 16.0. The molecule has 0 saturated heterocycles. The Hall–Kier alpha value is -3.20. The molecule has 0 spiro atoms. The first-order valence-corrected chi connectivity index (χ1v) is 9.91. The van der Waals surface area contributed by atoms with Crippen LogP contribution in [0.4, 0.5) is 13.2 Å². The number of fused-ring (bicyclic) bond motifs is 1. The molecule has 0 fully saturated rings. The number of hydrogen-bond acceptors (Lipinski definition) is 2. The van der Waals surface area contributed by atoms with E-state index in [4.69, 9.17) is 11.5 Å². The van der Waals surface area contributed by atoms with Crippen LogP contribution < -0.4 is 11.5 Å². The van der Waals surface area contributed by atoms with Crippen molar-refractivity contribution in [1.82, 2.24) is 0 Å². The van der Waals surface area contributed by atoms with Crippen LogP contribution >= 0.6 is 0 Å². The van der Waals surface area contributed by atoms with E-state index in [2.05, 4.69) is 4.99 Å². The van der Waals surface area contributed by atoms with E-state index in [0.29, 0.717) is 24.1 Å². The number of rotatable bonds is 3. The number of guanidine groups is 1. The Morgan fingerprint density at radius 2 is 1.76 bits per heavy atom. The first kappa shape index (κ1) is 20.5. The van der Waals surface area contributed by atoms with Crippen LogP contribution in [0.25, 0.3) is 17.2 Å². The summed E-state index contributed by atoms with van der Waals surface area (Å²) < 4.78 is 54.9. The Bertz CT molecular complexity index is 1110. The van der Waals surface area contributed by atoms with Crippen molar-refractivity contribution in [1.29, 1.82) is 0 Å². The number of nitrogens with two attached hydrogens (primary N) is 2. The van der Waals surface area contributed by atoms with Crippen LogP contribution in [0.5, 0.6) is 0 Å². The van der Waals surface area contributed by atoms with Gasteiger partial charge in [0.25, 0.3) is 5.91 Å². The molecule has 2 aromatic rings. The molecule has 4 N–H and O–H groups in total. The molecule has 9 heteroatoms. The van der Waals surface area contributed by atoms with Gasteiger partial charge in [-0.25, -0.2) is 13.2 Å². The van der Waals surface area contributed by atoms with Crippen LogP contribution in [0, 0.1) is 17.5 Å². The second-order valence-electron chi connectivity index (χ2n) is 6.26. The van der Waals surface area contributed by atoms with Crippen LogP contribution in [-0.2, 0) is 22.0 Å². The van der Waals surface area contributed by atoms with Crippen LogP contribution in [0.1, 0.15) is 11.1 Å². The van der Waals surface area contributed by atoms with Gasteiger partial charge in [0.2, 0.25) is 0 Å². The van der Waals surface area contributed by atoms with E-state index in [1.165, 1.54) is 24.5 Å². The molecule has 0 radical (unpaired) electrons. The van der Waals surface area contributed by atoms with E-state index in [0.717, 1.165) is 0 Å². The highest BCUT2D eigenvalue weighted by molar-refractivity contribution is 7.84. The number of carbonyl (C=O) groups is 1. The standard InChI is InChI=1S/C20H16F3N3O2S/c1-29(28)16-6-5-10-3-2-4-11(19(27)26-20(24)25)7-13(10)17(16)18-14(22)8-12(21)9-15(18)23/h2,4-9H,3H2,1H3,(H4,24,25,26,27). The monoisotopic (exact) mass is 419 g/mol. The number of benzene rings is 2. The van der Waals surface area contributed by atoms with Gasteiger partial charge in [0.1, 0.15) is 17.5 Å². The predicted molar refractivity (Wildman–Crippen MR) is 106 cm³/mol. The molecule has 1 amide bonds. The fraction of sp³-hybridized carbons (Fsp3) is 0.100. The maximum Gasteiger partial charge on any atom is 0.280 e. The van der Waals surface area contributed by atoms with Crippen LogP contribution in [0.2, 0.25) is 0 Å². The molecule has 5 nitrogen and oxygen atoms in total. The first-order valence-electron chi connectivity index (χ1n) is 8.35. The van der Waals surface area contributed by atoms with Gasteiger partial charge in [-0.15, -0.1) is 0 Å². The van der Waals surface area contributed by atoms with Gasteiger partial charge in [-0.3, -0.25) is 9.00 Å². The van der Waals surface area contributed by atoms with Crippen molar-refractivity contribution in [3.63, 3.8) is 0 Å². The third-order valence-electron chi connectivity index (χ3n) is 4.28. The molecule has 0 bridgehead atoms. The summed E-state index contributed by atoms with van der Waals surface area (Å²) in [5.74, 6) is -4.56.